The first-order valence-electron chi connectivity index (χ1n) is 8.75. The van der Waals surface area contributed by atoms with E-state index >= 15 is 0 Å². The van der Waals surface area contributed by atoms with Gasteiger partial charge in [-0.05, 0) is 47.9 Å². The number of hydrogen-bond acceptors (Lipinski definition) is 5. The van der Waals surface area contributed by atoms with Crippen molar-refractivity contribution in [2.75, 3.05) is 0 Å². The van der Waals surface area contributed by atoms with E-state index in [-0.39, 0.29) is 5.69 Å². The lowest BCUT2D eigenvalue weighted by Gasteiger charge is -2.09. The van der Waals surface area contributed by atoms with Gasteiger partial charge in [0.1, 0.15) is 0 Å². The van der Waals surface area contributed by atoms with E-state index in [1.54, 1.807) is 12.4 Å². The molecule has 7 nitrogen and oxygen atoms in total. The third kappa shape index (κ3) is 2.69. The van der Waals surface area contributed by atoms with E-state index < -0.39 is 0 Å². The fraction of sp³-hybridized carbons (Fsp3) is 0.0476. The molecule has 0 unspecified atom stereocenters. The predicted molar refractivity (Wildman–Crippen MR) is 106 cm³/mol. The molecule has 0 bridgehead atoms. The zero-order valence-corrected chi connectivity index (χ0v) is 14.9. The van der Waals surface area contributed by atoms with E-state index in [9.17, 15) is 4.79 Å². The van der Waals surface area contributed by atoms with Gasteiger partial charge < -0.3 is 14.5 Å². The Bertz CT molecular complexity index is 1350. The number of aromatic amines is 2. The van der Waals surface area contributed by atoms with E-state index in [1.807, 2.05) is 55.5 Å². The molecular formula is C21H15N5O2. The van der Waals surface area contributed by atoms with Gasteiger partial charge in [0, 0.05) is 23.5 Å². The van der Waals surface area contributed by atoms with Crippen LogP contribution >= 0.6 is 0 Å². The molecule has 3 aromatic heterocycles. The van der Waals surface area contributed by atoms with E-state index in [0.717, 1.165) is 38.9 Å². The van der Waals surface area contributed by atoms with Gasteiger partial charge >= 0.3 is 5.69 Å². The van der Waals surface area contributed by atoms with Crippen LogP contribution in [0, 0.1) is 6.92 Å². The summed E-state index contributed by atoms with van der Waals surface area (Å²) in [6.45, 7) is 2.02. The van der Waals surface area contributed by atoms with Gasteiger partial charge in [-0.25, -0.2) is 4.79 Å². The average Bonchev–Trinajstić information content (AvgIpc) is 3.34. The Labute approximate surface area is 159 Å². The summed E-state index contributed by atoms with van der Waals surface area (Å²) < 4.78 is 5.43. The fourth-order valence-electron chi connectivity index (χ4n) is 3.34. The van der Waals surface area contributed by atoms with Crippen molar-refractivity contribution in [3.8, 4) is 34.0 Å². The third-order valence-corrected chi connectivity index (χ3v) is 4.75. The Balaban J connectivity index is 1.59. The van der Waals surface area contributed by atoms with E-state index in [0.29, 0.717) is 11.7 Å². The molecule has 0 aliphatic heterocycles. The summed E-state index contributed by atoms with van der Waals surface area (Å²) in [5, 5.41) is 4.15. The highest BCUT2D eigenvalue weighted by molar-refractivity contribution is 5.84. The maximum Gasteiger partial charge on any atom is 0.323 e. The highest BCUT2D eigenvalue weighted by atomic mass is 16.5. The number of nitrogens with one attached hydrogen (secondary N) is 2. The summed E-state index contributed by atoms with van der Waals surface area (Å²) in [5.74, 6) is 0.982. The molecule has 5 rings (SSSR count). The minimum atomic E-state index is -0.215. The van der Waals surface area contributed by atoms with Crippen LogP contribution in [-0.2, 0) is 0 Å². The number of benzene rings is 2. The van der Waals surface area contributed by atoms with Gasteiger partial charge in [-0.15, -0.1) is 0 Å². The first-order chi connectivity index (χ1) is 13.7. The van der Waals surface area contributed by atoms with Crippen molar-refractivity contribution in [2.45, 2.75) is 6.92 Å². The second kappa shape index (κ2) is 6.31. The molecule has 0 atom stereocenters. The van der Waals surface area contributed by atoms with Crippen LogP contribution in [0.1, 0.15) is 5.56 Å². The van der Waals surface area contributed by atoms with Gasteiger partial charge in [0.25, 0.3) is 5.89 Å². The van der Waals surface area contributed by atoms with Crippen LogP contribution in [0.4, 0.5) is 0 Å². The Morgan fingerprint density at radius 3 is 2.54 bits per heavy atom. The summed E-state index contributed by atoms with van der Waals surface area (Å²) >= 11 is 0. The van der Waals surface area contributed by atoms with Crippen molar-refractivity contribution in [2.24, 2.45) is 0 Å². The third-order valence-electron chi connectivity index (χ3n) is 4.75. The summed E-state index contributed by atoms with van der Waals surface area (Å²) in [6, 6.07) is 15.5. The van der Waals surface area contributed by atoms with Gasteiger partial charge in [0.15, 0.2) is 0 Å². The van der Waals surface area contributed by atoms with Crippen LogP contribution in [0.25, 0.3) is 45.0 Å². The summed E-state index contributed by atoms with van der Waals surface area (Å²) in [4.78, 5) is 25.6. The Morgan fingerprint density at radius 2 is 1.68 bits per heavy atom. The minimum absolute atomic E-state index is 0.215. The first kappa shape index (κ1) is 16.2. The van der Waals surface area contributed by atoms with Crippen LogP contribution in [0.3, 0.4) is 0 Å². The molecule has 0 aliphatic rings. The molecule has 0 saturated heterocycles. The zero-order chi connectivity index (χ0) is 19.1. The molecule has 0 amide bonds. The van der Waals surface area contributed by atoms with E-state index in [2.05, 4.69) is 25.1 Å². The van der Waals surface area contributed by atoms with Crippen LogP contribution in [-0.4, -0.2) is 25.1 Å². The van der Waals surface area contributed by atoms with Crippen molar-refractivity contribution in [1.82, 2.24) is 25.1 Å². The molecule has 2 aromatic carbocycles. The number of H-pyrrole nitrogens is 2. The molecule has 5 aromatic rings. The summed E-state index contributed by atoms with van der Waals surface area (Å²) in [5.41, 5.74) is 6.12. The van der Waals surface area contributed by atoms with Gasteiger partial charge in [0.05, 0.1) is 11.0 Å². The molecule has 2 N–H and O–H groups in total. The molecule has 0 radical (unpaired) electrons. The number of imidazole rings is 1. The standard InChI is InChI=1S/C21H15N5O2/c1-12-15(14-5-6-17-18(11-14)24-21(27)23-17)3-2-4-16(12)19-25-20(28-26-19)13-7-9-22-10-8-13/h2-11H,1H3,(H2,23,24,27). The van der Waals surface area contributed by atoms with Crippen molar-refractivity contribution >= 4 is 11.0 Å². The quantitative estimate of drug-likeness (QED) is 0.502. The molecule has 0 aliphatic carbocycles. The Kier molecular flexibility index (Phi) is 3.65. The lowest BCUT2D eigenvalue weighted by atomic mass is 9.96. The number of nitrogens with zero attached hydrogens (tertiary/aromatic N) is 3. The Morgan fingerprint density at radius 1 is 0.893 bits per heavy atom. The predicted octanol–water partition coefficient (Wildman–Crippen LogP) is 3.94. The number of pyridine rings is 1. The van der Waals surface area contributed by atoms with E-state index in [4.69, 9.17) is 4.52 Å². The lowest BCUT2D eigenvalue weighted by Crippen LogP contribution is -1.99. The van der Waals surface area contributed by atoms with Crippen LogP contribution in [0.2, 0.25) is 0 Å². The largest absolute Gasteiger partial charge is 0.334 e. The molecular weight excluding hydrogens is 354 g/mol. The topological polar surface area (TPSA) is 100 Å². The maximum atomic E-state index is 11.5. The summed E-state index contributed by atoms with van der Waals surface area (Å²) in [6.07, 6.45) is 3.37. The van der Waals surface area contributed by atoms with Crippen molar-refractivity contribution in [1.29, 1.82) is 0 Å². The molecule has 7 heteroatoms. The number of hydrogen-bond donors (Lipinski definition) is 2. The molecule has 0 fully saturated rings. The highest BCUT2D eigenvalue weighted by Crippen LogP contribution is 2.32. The van der Waals surface area contributed by atoms with Crippen LogP contribution in [0.15, 0.2) is 70.2 Å². The number of aromatic nitrogens is 5. The van der Waals surface area contributed by atoms with Crippen LogP contribution in [0.5, 0.6) is 0 Å². The van der Waals surface area contributed by atoms with Crippen LogP contribution < -0.4 is 5.69 Å². The van der Waals surface area contributed by atoms with Gasteiger partial charge in [0.2, 0.25) is 5.82 Å². The first-order valence-corrected chi connectivity index (χ1v) is 8.75. The van der Waals surface area contributed by atoms with Crippen molar-refractivity contribution in [3.63, 3.8) is 0 Å². The second-order valence-corrected chi connectivity index (χ2v) is 6.48. The second-order valence-electron chi connectivity index (χ2n) is 6.48. The zero-order valence-electron chi connectivity index (χ0n) is 14.9. The highest BCUT2D eigenvalue weighted by Gasteiger charge is 2.15. The molecule has 28 heavy (non-hydrogen) atoms. The van der Waals surface area contributed by atoms with Gasteiger partial charge in [-0.2, -0.15) is 4.98 Å². The lowest BCUT2D eigenvalue weighted by molar-refractivity contribution is 0.432. The monoisotopic (exact) mass is 369 g/mol. The smallest absolute Gasteiger partial charge is 0.323 e. The molecule has 3 heterocycles. The SMILES string of the molecule is Cc1c(-c2ccc3[nH]c(=O)[nH]c3c2)cccc1-c1noc(-c2ccncc2)n1. The normalized spacial score (nSPS) is 11.2. The maximum absolute atomic E-state index is 11.5. The fourth-order valence-corrected chi connectivity index (χ4v) is 3.34. The molecule has 0 spiro atoms. The molecule has 136 valence electrons. The Hall–Kier alpha value is -4.00. The average molecular weight is 369 g/mol. The summed E-state index contributed by atoms with van der Waals surface area (Å²) in [7, 11) is 0. The van der Waals surface area contributed by atoms with E-state index in [1.165, 1.54) is 0 Å². The van der Waals surface area contributed by atoms with Crippen molar-refractivity contribution in [3.05, 3.63) is 77.0 Å². The van der Waals surface area contributed by atoms with Gasteiger partial charge in [-0.3, -0.25) is 4.98 Å². The number of fused-ring (bicyclic) bond motifs is 1. The van der Waals surface area contributed by atoms with Gasteiger partial charge in [-0.1, -0.05) is 29.4 Å². The molecule has 0 saturated carbocycles. The minimum Gasteiger partial charge on any atom is -0.334 e. The van der Waals surface area contributed by atoms with Crippen molar-refractivity contribution < 1.29 is 4.52 Å². The number of rotatable bonds is 3.